The third-order valence-electron chi connectivity index (χ3n) is 7.59. The molecule has 1 saturated heterocycles. The summed E-state index contributed by atoms with van der Waals surface area (Å²) < 4.78 is 22.4. The van der Waals surface area contributed by atoms with E-state index in [-0.39, 0.29) is 22.9 Å². The highest BCUT2D eigenvalue weighted by molar-refractivity contribution is 5.85. The number of rotatable bonds is 9. The van der Waals surface area contributed by atoms with Gasteiger partial charge in [0, 0.05) is 32.2 Å². The number of anilines is 1. The molecule has 1 heterocycles. The van der Waals surface area contributed by atoms with Gasteiger partial charge < -0.3 is 34.9 Å². The summed E-state index contributed by atoms with van der Waals surface area (Å²) in [5.74, 6) is 1.47. The van der Waals surface area contributed by atoms with Crippen LogP contribution in [0.5, 0.6) is 17.2 Å². The lowest BCUT2D eigenvalue weighted by atomic mass is 9.95. The van der Waals surface area contributed by atoms with E-state index in [1.54, 1.807) is 34.3 Å². The molecule has 0 spiro atoms. The molecule has 3 N–H and O–H groups in total. The highest BCUT2D eigenvalue weighted by atomic mass is 16.5. The maximum absolute atomic E-state index is 13.5. The van der Waals surface area contributed by atoms with Crippen LogP contribution in [0.15, 0.2) is 29.1 Å². The highest BCUT2D eigenvalue weighted by Crippen LogP contribution is 2.50. The quantitative estimate of drug-likeness (QED) is 0.433. The SMILES string of the molecule is COc1cc2c(c(OC)c1OC)-c1ccc(N[C@@H](C)C(=O)NCC3CCOCC3)c(=O)cc1[C@@H](NC(C)=O)CC2. The van der Waals surface area contributed by atoms with Crippen LogP contribution in [0.2, 0.25) is 0 Å². The van der Waals surface area contributed by atoms with E-state index >= 15 is 0 Å². The number of amides is 2. The van der Waals surface area contributed by atoms with E-state index in [0.29, 0.717) is 61.3 Å². The Balaban J connectivity index is 1.73. The molecule has 4 rings (SSSR count). The molecule has 0 aromatic heterocycles. The van der Waals surface area contributed by atoms with Crippen molar-refractivity contribution in [3.05, 3.63) is 45.6 Å². The number of ether oxygens (including phenoxy) is 4. The van der Waals surface area contributed by atoms with Crippen LogP contribution >= 0.6 is 0 Å². The maximum Gasteiger partial charge on any atom is 0.242 e. The van der Waals surface area contributed by atoms with E-state index in [9.17, 15) is 14.4 Å². The van der Waals surface area contributed by atoms with Gasteiger partial charge >= 0.3 is 0 Å². The van der Waals surface area contributed by atoms with Crippen molar-refractivity contribution in [3.8, 4) is 28.4 Å². The zero-order chi connectivity index (χ0) is 28.8. The van der Waals surface area contributed by atoms with Crippen LogP contribution < -0.4 is 35.6 Å². The number of nitrogens with one attached hydrogen (secondary N) is 3. The Hall–Kier alpha value is -3.79. The molecule has 216 valence electrons. The normalized spacial score (nSPS) is 17.4. The first-order valence-corrected chi connectivity index (χ1v) is 13.7. The van der Waals surface area contributed by atoms with Crippen LogP contribution in [0.3, 0.4) is 0 Å². The summed E-state index contributed by atoms with van der Waals surface area (Å²) in [5.41, 5.74) is 3.09. The lowest BCUT2D eigenvalue weighted by Crippen LogP contribution is -2.41. The van der Waals surface area contributed by atoms with Crippen LogP contribution in [-0.4, -0.2) is 58.9 Å². The third-order valence-corrected chi connectivity index (χ3v) is 7.59. The van der Waals surface area contributed by atoms with Gasteiger partial charge in [-0.1, -0.05) is 6.07 Å². The molecule has 0 unspecified atom stereocenters. The summed E-state index contributed by atoms with van der Waals surface area (Å²) in [6, 6.07) is 5.92. The van der Waals surface area contributed by atoms with E-state index in [1.165, 1.54) is 13.0 Å². The van der Waals surface area contributed by atoms with Gasteiger partial charge in [0.05, 0.1) is 33.1 Å². The molecule has 1 fully saturated rings. The summed E-state index contributed by atoms with van der Waals surface area (Å²) in [7, 11) is 4.67. The number of fused-ring (bicyclic) bond motifs is 3. The number of aryl methyl sites for hydroxylation is 1. The van der Waals surface area contributed by atoms with Crippen molar-refractivity contribution in [2.45, 2.75) is 51.6 Å². The summed E-state index contributed by atoms with van der Waals surface area (Å²) in [6.45, 7) is 5.19. The van der Waals surface area contributed by atoms with E-state index in [1.807, 2.05) is 12.1 Å². The van der Waals surface area contributed by atoms with Gasteiger partial charge in [0.2, 0.25) is 23.0 Å². The Kier molecular flexibility index (Phi) is 9.52. The second-order valence-electron chi connectivity index (χ2n) is 10.3. The Bertz CT molecular complexity index is 1310. The molecule has 2 aromatic carbocycles. The molecule has 1 aliphatic carbocycles. The average molecular weight is 554 g/mol. The van der Waals surface area contributed by atoms with E-state index in [2.05, 4.69) is 16.0 Å². The zero-order valence-corrected chi connectivity index (χ0v) is 23.8. The lowest BCUT2D eigenvalue weighted by molar-refractivity contribution is -0.122. The van der Waals surface area contributed by atoms with Crippen LogP contribution in [0.25, 0.3) is 11.1 Å². The lowest BCUT2D eigenvalue weighted by Gasteiger charge is -2.23. The first-order valence-electron chi connectivity index (χ1n) is 13.7. The first kappa shape index (κ1) is 29.2. The van der Waals surface area contributed by atoms with Gasteiger partial charge in [0.1, 0.15) is 6.04 Å². The Morgan fingerprint density at radius 2 is 1.75 bits per heavy atom. The second-order valence-corrected chi connectivity index (χ2v) is 10.3. The molecular formula is C30H39N3O7. The minimum atomic E-state index is -0.632. The molecule has 0 bridgehead atoms. The second kappa shape index (κ2) is 13.0. The Morgan fingerprint density at radius 3 is 2.40 bits per heavy atom. The number of benzene rings is 1. The van der Waals surface area contributed by atoms with Crippen molar-refractivity contribution in [1.29, 1.82) is 0 Å². The topological polar surface area (TPSA) is 124 Å². The smallest absolute Gasteiger partial charge is 0.242 e. The van der Waals surface area contributed by atoms with Crippen molar-refractivity contribution < 1.29 is 28.5 Å². The first-order chi connectivity index (χ1) is 19.3. The van der Waals surface area contributed by atoms with Crippen molar-refractivity contribution in [2.24, 2.45) is 5.92 Å². The van der Waals surface area contributed by atoms with Gasteiger partial charge in [0.25, 0.3) is 0 Å². The van der Waals surface area contributed by atoms with Crippen LogP contribution in [0, 0.1) is 5.92 Å². The fraction of sp³-hybridized carbons (Fsp3) is 0.500. The monoisotopic (exact) mass is 553 g/mol. The number of carbonyl (C=O) groups excluding carboxylic acids is 2. The van der Waals surface area contributed by atoms with E-state index in [0.717, 1.165) is 29.5 Å². The van der Waals surface area contributed by atoms with Crippen molar-refractivity contribution >= 4 is 17.5 Å². The fourth-order valence-electron chi connectivity index (χ4n) is 5.47. The molecular weight excluding hydrogens is 514 g/mol. The molecule has 2 amide bonds. The van der Waals surface area contributed by atoms with Gasteiger partial charge in [-0.25, -0.2) is 0 Å². The molecule has 40 heavy (non-hydrogen) atoms. The van der Waals surface area contributed by atoms with Gasteiger partial charge in [-0.05, 0) is 73.4 Å². The predicted octanol–water partition coefficient (Wildman–Crippen LogP) is 3.21. The predicted molar refractivity (Wildman–Crippen MR) is 152 cm³/mol. The minimum absolute atomic E-state index is 0.182. The van der Waals surface area contributed by atoms with Gasteiger partial charge in [0.15, 0.2) is 11.5 Å². The standard InChI is InChI=1S/C30H39N3O7/c1-17(30(36)31-16-19-10-12-40-13-11-19)32-24-9-7-21-22(15-25(24)35)23(33-18(2)34)8-6-20-14-26(37-3)28(38-4)29(39-5)27(20)21/h7,9,14-15,17,19,23H,6,8,10-13,16H2,1-5H3,(H,31,36)(H,32,35)(H,33,34)/t17-,23-/m0/s1. The zero-order valence-electron chi connectivity index (χ0n) is 23.8. The van der Waals surface area contributed by atoms with Crippen molar-refractivity contribution in [3.63, 3.8) is 0 Å². The molecule has 0 saturated carbocycles. The van der Waals surface area contributed by atoms with E-state index < -0.39 is 12.1 Å². The maximum atomic E-state index is 13.5. The fourth-order valence-corrected chi connectivity index (χ4v) is 5.47. The minimum Gasteiger partial charge on any atom is -0.493 e. The van der Waals surface area contributed by atoms with Crippen LogP contribution in [0.4, 0.5) is 5.69 Å². The molecule has 0 radical (unpaired) electrons. The van der Waals surface area contributed by atoms with Gasteiger partial charge in [-0.15, -0.1) is 0 Å². The van der Waals surface area contributed by atoms with E-state index in [4.69, 9.17) is 18.9 Å². The Labute approximate surface area is 234 Å². The third kappa shape index (κ3) is 6.33. The number of hydrogen-bond acceptors (Lipinski definition) is 8. The Morgan fingerprint density at radius 1 is 1.02 bits per heavy atom. The largest absolute Gasteiger partial charge is 0.493 e. The molecule has 10 heteroatoms. The summed E-state index contributed by atoms with van der Waals surface area (Å²) >= 11 is 0. The van der Waals surface area contributed by atoms with Crippen LogP contribution in [0.1, 0.15) is 50.3 Å². The van der Waals surface area contributed by atoms with Crippen LogP contribution in [-0.2, 0) is 20.7 Å². The number of hydrogen-bond donors (Lipinski definition) is 3. The number of methoxy groups -OCH3 is 3. The average Bonchev–Trinajstić information content (AvgIpc) is 3.19. The summed E-state index contributed by atoms with van der Waals surface area (Å²) in [6.07, 6.45) is 3.02. The highest BCUT2D eigenvalue weighted by Gasteiger charge is 2.29. The van der Waals surface area contributed by atoms with Crippen molar-refractivity contribution in [2.75, 3.05) is 46.4 Å². The molecule has 2 aliphatic rings. The molecule has 2 atom stereocenters. The summed E-state index contributed by atoms with van der Waals surface area (Å²) in [5, 5.41) is 9.09. The summed E-state index contributed by atoms with van der Waals surface area (Å²) in [4.78, 5) is 38.5. The molecule has 1 aliphatic heterocycles. The van der Waals surface area contributed by atoms with Crippen molar-refractivity contribution in [1.82, 2.24) is 10.6 Å². The van der Waals surface area contributed by atoms with Gasteiger partial charge in [-0.3, -0.25) is 14.4 Å². The number of carbonyl (C=O) groups is 2. The van der Waals surface area contributed by atoms with Gasteiger partial charge in [-0.2, -0.15) is 0 Å². The molecule has 2 aromatic rings. The molecule has 10 nitrogen and oxygen atoms in total.